The van der Waals surface area contributed by atoms with Gasteiger partial charge in [0.2, 0.25) is 0 Å². The molecule has 1 heterocycles. The molecule has 0 atom stereocenters. The number of halogens is 1. The van der Waals surface area contributed by atoms with Crippen molar-refractivity contribution >= 4 is 23.5 Å². The fraction of sp³-hybridized carbons (Fsp3) is 0.312. The molecule has 8 nitrogen and oxygen atoms in total. The van der Waals surface area contributed by atoms with Crippen LogP contribution in [0, 0.1) is 18.3 Å². The second kappa shape index (κ2) is 8.26. The largest absolute Gasteiger partial charge is 0.451 e. The highest BCUT2D eigenvalue weighted by atomic mass is 35.5. The lowest BCUT2D eigenvalue weighted by molar-refractivity contribution is -0.133. The molecule has 0 fully saturated rings. The summed E-state index contributed by atoms with van der Waals surface area (Å²) in [5.74, 6) is -1.14. The first-order chi connectivity index (χ1) is 11.9. The zero-order chi connectivity index (χ0) is 18.4. The molecular formula is C16H16ClN5O3. The predicted molar refractivity (Wildman–Crippen MR) is 89.3 cm³/mol. The molecule has 130 valence electrons. The van der Waals surface area contributed by atoms with Crippen molar-refractivity contribution in [1.82, 2.24) is 19.9 Å². The Morgan fingerprint density at radius 1 is 1.40 bits per heavy atom. The number of benzene rings is 1. The Morgan fingerprint density at radius 2 is 2.16 bits per heavy atom. The molecule has 0 unspecified atom stereocenters. The Morgan fingerprint density at radius 3 is 2.84 bits per heavy atom. The van der Waals surface area contributed by atoms with Gasteiger partial charge in [-0.15, -0.1) is 5.10 Å². The summed E-state index contributed by atoms with van der Waals surface area (Å²) in [6.45, 7) is 1.46. The minimum absolute atomic E-state index is 0.0208. The van der Waals surface area contributed by atoms with Crippen LogP contribution in [0.15, 0.2) is 24.3 Å². The smallest absolute Gasteiger partial charge is 0.361 e. The number of carbonyl (C=O) groups is 2. The lowest BCUT2D eigenvalue weighted by Gasteiger charge is -2.14. The highest BCUT2D eigenvalue weighted by Crippen LogP contribution is 2.14. The van der Waals surface area contributed by atoms with Crippen molar-refractivity contribution in [3.8, 4) is 11.8 Å². The van der Waals surface area contributed by atoms with Gasteiger partial charge in [-0.25, -0.2) is 4.79 Å². The predicted octanol–water partition coefficient (Wildman–Crippen LogP) is 1.76. The molecule has 1 amide bonds. The molecule has 1 aromatic carbocycles. The maximum atomic E-state index is 12.1. The summed E-state index contributed by atoms with van der Waals surface area (Å²) in [5, 5.41) is 17.3. The number of hydrogen-bond donors (Lipinski definition) is 0. The normalized spacial score (nSPS) is 10.2. The first-order valence-corrected chi connectivity index (χ1v) is 7.78. The molecule has 0 saturated heterocycles. The van der Waals surface area contributed by atoms with Crippen LogP contribution >= 0.6 is 11.6 Å². The number of aromatic nitrogens is 3. The molecule has 0 aliphatic carbocycles. The average Bonchev–Trinajstić information content (AvgIpc) is 2.99. The van der Waals surface area contributed by atoms with Gasteiger partial charge in [0.05, 0.1) is 23.9 Å². The summed E-state index contributed by atoms with van der Waals surface area (Å²) >= 11 is 5.93. The maximum Gasteiger partial charge on any atom is 0.361 e. The van der Waals surface area contributed by atoms with E-state index in [4.69, 9.17) is 21.6 Å². The maximum absolute atomic E-state index is 12.1. The molecule has 0 spiro atoms. The molecule has 0 N–H and O–H groups in total. The third-order valence-electron chi connectivity index (χ3n) is 3.33. The van der Waals surface area contributed by atoms with E-state index in [9.17, 15) is 9.59 Å². The molecule has 0 radical (unpaired) electrons. The average molecular weight is 362 g/mol. The molecule has 9 heteroatoms. The van der Waals surface area contributed by atoms with Crippen LogP contribution in [-0.4, -0.2) is 52.0 Å². The number of likely N-dealkylation sites (N-methyl/N-ethyl adjacent to an activating group) is 1. The monoisotopic (exact) mass is 361 g/mol. The Balaban J connectivity index is 2.03. The fourth-order valence-electron chi connectivity index (χ4n) is 1.93. The van der Waals surface area contributed by atoms with E-state index in [1.54, 1.807) is 31.2 Å². The van der Waals surface area contributed by atoms with Crippen molar-refractivity contribution in [2.24, 2.45) is 0 Å². The minimum Gasteiger partial charge on any atom is -0.451 e. The Labute approximate surface area is 149 Å². The molecule has 1 aromatic heterocycles. The van der Waals surface area contributed by atoms with Crippen LogP contribution in [0.4, 0.5) is 0 Å². The van der Waals surface area contributed by atoms with Gasteiger partial charge < -0.3 is 9.64 Å². The number of nitriles is 1. The lowest BCUT2D eigenvalue weighted by Crippen LogP contribution is -2.32. The second-order valence-electron chi connectivity index (χ2n) is 5.20. The van der Waals surface area contributed by atoms with Gasteiger partial charge in [0.25, 0.3) is 5.91 Å². The Bertz CT molecular complexity index is 827. The number of ether oxygens (including phenoxy) is 1. The highest BCUT2D eigenvalue weighted by Gasteiger charge is 2.20. The van der Waals surface area contributed by atoms with Gasteiger partial charge in [-0.05, 0) is 25.1 Å². The van der Waals surface area contributed by atoms with E-state index in [0.717, 1.165) is 0 Å². The number of aryl methyl sites for hydroxylation is 1. The number of carbonyl (C=O) groups excluding carboxylic acids is 2. The minimum atomic E-state index is -0.743. The van der Waals surface area contributed by atoms with Crippen molar-refractivity contribution in [1.29, 1.82) is 5.26 Å². The topological polar surface area (TPSA) is 101 Å². The van der Waals surface area contributed by atoms with Crippen LogP contribution in [-0.2, 0) is 9.53 Å². The van der Waals surface area contributed by atoms with Crippen LogP contribution < -0.4 is 0 Å². The molecule has 0 aliphatic heterocycles. The van der Waals surface area contributed by atoms with Gasteiger partial charge in [0.15, 0.2) is 12.3 Å². The molecule has 25 heavy (non-hydrogen) atoms. The van der Waals surface area contributed by atoms with Crippen molar-refractivity contribution in [3.05, 3.63) is 40.7 Å². The standard InChI is InChI=1S/C16H16ClN5O3/c1-11-15(16(24)25-10-14(23)21(2)8-4-7-18)20-22(19-11)13-6-3-5-12(17)9-13/h3,5-6,9H,4,8,10H2,1-2H3. The van der Waals surface area contributed by atoms with Crippen LogP contribution in [0.1, 0.15) is 22.6 Å². The summed E-state index contributed by atoms with van der Waals surface area (Å²) in [6, 6.07) is 8.80. The number of rotatable bonds is 6. The van der Waals surface area contributed by atoms with Crippen LogP contribution in [0.5, 0.6) is 0 Å². The molecule has 2 rings (SSSR count). The van der Waals surface area contributed by atoms with Crippen LogP contribution in [0.2, 0.25) is 5.02 Å². The number of hydrogen-bond acceptors (Lipinski definition) is 6. The van der Waals surface area contributed by atoms with Crippen molar-refractivity contribution in [2.75, 3.05) is 20.2 Å². The van der Waals surface area contributed by atoms with Gasteiger partial charge in [-0.3, -0.25) is 4.79 Å². The van der Waals surface area contributed by atoms with Crippen molar-refractivity contribution < 1.29 is 14.3 Å². The fourth-order valence-corrected chi connectivity index (χ4v) is 2.12. The second-order valence-corrected chi connectivity index (χ2v) is 5.64. The van der Waals surface area contributed by atoms with Gasteiger partial charge in [-0.1, -0.05) is 17.7 Å². The number of esters is 1. The highest BCUT2D eigenvalue weighted by molar-refractivity contribution is 6.30. The molecule has 0 aliphatic rings. The summed E-state index contributed by atoms with van der Waals surface area (Å²) in [5.41, 5.74) is 0.990. The zero-order valence-electron chi connectivity index (χ0n) is 13.8. The Kier molecular flexibility index (Phi) is 6.08. The molecule has 0 bridgehead atoms. The first kappa shape index (κ1) is 18.4. The van der Waals surface area contributed by atoms with Gasteiger partial charge in [-0.2, -0.15) is 15.2 Å². The van der Waals surface area contributed by atoms with Gasteiger partial charge in [0.1, 0.15) is 0 Å². The molecular weight excluding hydrogens is 346 g/mol. The summed E-state index contributed by atoms with van der Waals surface area (Å²) in [4.78, 5) is 26.6. The molecule has 2 aromatic rings. The van der Waals surface area contributed by atoms with Crippen LogP contribution in [0.25, 0.3) is 5.69 Å². The summed E-state index contributed by atoms with van der Waals surface area (Å²) < 4.78 is 4.99. The Hall–Kier alpha value is -2.92. The van der Waals surface area contributed by atoms with E-state index in [1.165, 1.54) is 16.7 Å². The van der Waals surface area contributed by atoms with Crippen molar-refractivity contribution in [2.45, 2.75) is 13.3 Å². The van der Waals surface area contributed by atoms with Gasteiger partial charge >= 0.3 is 5.97 Å². The SMILES string of the molecule is Cc1nn(-c2cccc(Cl)c2)nc1C(=O)OCC(=O)N(C)CCC#N. The number of amides is 1. The van der Waals surface area contributed by atoms with E-state index >= 15 is 0 Å². The third kappa shape index (κ3) is 4.78. The zero-order valence-corrected chi connectivity index (χ0v) is 14.5. The van der Waals surface area contributed by atoms with Crippen molar-refractivity contribution in [3.63, 3.8) is 0 Å². The third-order valence-corrected chi connectivity index (χ3v) is 3.56. The summed E-state index contributed by atoms with van der Waals surface area (Å²) in [6.07, 6.45) is 0.212. The van der Waals surface area contributed by atoms with E-state index in [-0.39, 0.29) is 18.7 Å². The lowest BCUT2D eigenvalue weighted by atomic mass is 10.3. The summed E-state index contributed by atoms with van der Waals surface area (Å²) in [7, 11) is 1.54. The quantitative estimate of drug-likeness (QED) is 0.726. The van der Waals surface area contributed by atoms with Gasteiger partial charge in [0, 0.05) is 18.6 Å². The van der Waals surface area contributed by atoms with E-state index in [2.05, 4.69) is 10.2 Å². The number of nitrogens with zero attached hydrogens (tertiary/aromatic N) is 5. The van der Waals surface area contributed by atoms with E-state index in [0.29, 0.717) is 16.4 Å². The van der Waals surface area contributed by atoms with E-state index in [1.807, 2.05) is 6.07 Å². The molecule has 0 saturated carbocycles. The van der Waals surface area contributed by atoms with Crippen LogP contribution in [0.3, 0.4) is 0 Å². The van der Waals surface area contributed by atoms with E-state index < -0.39 is 18.5 Å². The first-order valence-electron chi connectivity index (χ1n) is 7.40.